The van der Waals surface area contributed by atoms with Gasteiger partial charge in [-0.2, -0.15) is 0 Å². The summed E-state index contributed by atoms with van der Waals surface area (Å²) < 4.78 is 5.89. The van der Waals surface area contributed by atoms with E-state index in [-0.39, 0.29) is 0 Å². The average Bonchev–Trinajstić information content (AvgIpc) is 2.32. The first-order valence-electron chi connectivity index (χ1n) is 6.39. The molecule has 18 heavy (non-hydrogen) atoms. The lowest BCUT2D eigenvalue weighted by Gasteiger charge is -2.34. The first-order valence-corrected chi connectivity index (χ1v) is 7.14. The molecule has 2 rings (SSSR count). The fourth-order valence-electron chi connectivity index (χ4n) is 2.30. The molecule has 0 aliphatic heterocycles. The van der Waals surface area contributed by atoms with Crippen molar-refractivity contribution in [1.29, 1.82) is 0 Å². The van der Waals surface area contributed by atoms with Gasteiger partial charge in [0.15, 0.2) is 0 Å². The van der Waals surface area contributed by atoms with E-state index in [2.05, 4.69) is 18.8 Å². The third kappa shape index (κ3) is 3.84. The lowest BCUT2D eigenvalue weighted by Crippen LogP contribution is -2.26. The third-order valence-corrected chi connectivity index (χ3v) is 4.18. The Morgan fingerprint density at radius 2 is 1.94 bits per heavy atom. The number of rotatable bonds is 3. The van der Waals surface area contributed by atoms with Gasteiger partial charge in [0.25, 0.3) is 0 Å². The minimum absolute atomic E-state index is 0.329. The average molecular weight is 288 g/mol. The standard InChI is InChI=1S/C14H19Cl2NO/c1-14(2)7-5-10(6-8-14)18-9-12-11(15)3-4-13(16)17-12/h3-4,10H,5-9H2,1-2H3. The Morgan fingerprint density at radius 1 is 1.28 bits per heavy atom. The van der Waals surface area contributed by atoms with Crippen LogP contribution in [0.3, 0.4) is 0 Å². The summed E-state index contributed by atoms with van der Waals surface area (Å²) in [5, 5.41) is 1.08. The normalized spacial score (nSPS) is 20.0. The molecule has 0 bridgehead atoms. The van der Waals surface area contributed by atoms with Crippen molar-refractivity contribution in [1.82, 2.24) is 4.98 Å². The van der Waals surface area contributed by atoms with Crippen LogP contribution in [-0.4, -0.2) is 11.1 Å². The summed E-state index contributed by atoms with van der Waals surface area (Å²) >= 11 is 11.9. The largest absolute Gasteiger partial charge is 0.372 e. The number of aromatic nitrogens is 1. The monoisotopic (exact) mass is 287 g/mol. The molecule has 2 nitrogen and oxygen atoms in total. The first kappa shape index (κ1) is 14.1. The molecule has 0 aromatic carbocycles. The molecule has 4 heteroatoms. The van der Waals surface area contributed by atoms with E-state index in [1.165, 1.54) is 12.8 Å². The van der Waals surface area contributed by atoms with Crippen molar-refractivity contribution in [2.45, 2.75) is 52.2 Å². The molecule has 1 aromatic heterocycles. The molecular formula is C14H19Cl2NO. The molecule has 0 atom stereocenters. The fourth-order valence-corrected chi connectivity index (χ4v) is 2.62. The molecule has 0 amide bonds. The van der Waals surface area contributed by atoms with Gasteiger partial charge >= 0.3 is 0 Å². The van der Waals surface area contributed by atoms with Gasteiger partial charge < -0.3 is 4.74 Å². The quantitative estimate of drug-likeness (QED) is 0.740. The summed E-state index contributed by atoms with van der Waals surface area (Å²) in [5.41, 5.74) is 1.19. The maximum Gasteiger partial charge on any atom is 0.129 e. The van der Waals surface area contributed by atoms with Gasteiger partial charge in [-0.15, -0.1) is 0 Å². The minimum atomic E-state index is 0.329. The predicted octanol–water partition coefficient (Wildman–Crippen LogP) is 4.87. The van der Waals surface area contributed by atoms with Crippen molar-refractivity contribution in [3.8, 4) is 0 Å². The van der Waals surface area contributed by atoms with E-state index in [1.54, 1.807) is 12.1 Å². The number of pyridine rings is 1. The van der Waals surface area contributed by atoms with Crippen LogP contribution in [0.2, 0.25) is 10.2 Å². The Morgan fingerprint density at radius 3 is 2.61 bits per heavy atom. The zero-order chi connectivity index (χ0) is 13.2. The van der Waals surface area contributed by atoms with E-state index in [0.29, 0.717) is 28.3 Å². The highest BCUT2D eigenvalue weighted by molar-refractivity contribution is 6.32. The van der Waals surface area contributed by atoms with Crippen LogP contribution in [-0.2, 0) is 11.3 Å². The van der Waals surface area contributed by atoms with E-state index in [4.69, 9.17) is 27.9 Å². The molecule has 1 heterocycles. The molecule has 0 N–H and O–H groups in total. The number of hydrogen-bond donors (Lipinski definition) is 0. The highest BCUT2D eigenvalue weighted by atomic mass is 35.5. The molecule has 0 saturated heterocycles. The molecule has 0 spiro atoms. The molecular weight excluding hydrogens is 269 g/mol. The molecule has 0 radical (unpaired) electrons. The molecule has 0 unspecified atom stereocenters. The van der Waals surface area contributed by atoms with Gasteiger partial charge in [0.1, 0.15) is 5.15 Å². The van der Waals surface area contributed by atoms with E-state index < -0.39 is 0 Å². The van der Waals surface area contributed by atoms with Crippen LogP contribution >= 0.6 is 23.2 Å². The summed E-state index contributed by atoms with van der Waals surface area (Å²) in [6, 6.07) is 3.45. The number of halogens is 2. The van der Waals surface area contributed by atoms with Crippen LogP contribution < -0.4 is 0 Å². The molecule has 1 aromatic rings. The van der Waals surface area contributed by atoms with Crippen LogP contribution in [0.1, 0.15) is 45.2 Å². The highest BCUT2D eigenvalue weighted by Gasteiger charge is 2.27. The van der Waals surface area contributed by atoms with Crippen LogP contribution in [0.25, 0.3) is 0 Å². The molecule has 1 saturated carbocycles. The van der Waals surface area contributed by atoms with Gasteiger partial charge in [-0.25, -0.2) is 4.98 Å². The van der Waals surface area contributed by atoms with Gasteiger partial charge in [0, 0.05) is 0 Å². The zero-order valence-corrected chi connectivity index (χ0v) is 12.4. The van der Waals surface area contributed by atoms with Gasteiger partial charge in [-0.05, 0) is 43.2 Å². The Labute approximate surface area is 119 Å². The number of nitrogens with zero attached hydrogens (tertiary/aromatic N) is 1. The predicted molar refractivity (Wildman–Crippen MR) is 75.1 cm³/mol. The SMILES string of the molecule is CC1(C)CCC(OCc2nc(Cl)ccc2Cl)CC1. The van der Waals surface area contributed by atoms with Crippen molar-refractivity contribution in [3.63, 3.8) is 0 Å². The smallest absolute Gasteiger partial charge is 0.129 e. The van der Waals surface area contributed by atoms with E-state index in [9.17, 15) is 0 Å². The zero-order valence-electron chi connectivity index (χ0n) is 10.9. The maximum atomic E-state index is 6.06. The fraction of sp³-hybridized carbons (Fsp3) is 0.643. The maximum absolute atomic E-state index is 6.06. The Balaban J connectivity index is 1.87. The molecule has 100 valence electrons. The lowest BCUT2D eigenvalue weighted by atomic mass is 9.76. The Kier molecular flexibility index (Phi) is 4.52. The van der Waals surface area contributed by atoms with Gasteiger partial charge in [0.05, 0.1) is 23.4 Å². The van der Waals surface area contributed by atoms with E-state index in [1.807, 2.05) is 0 Å². The van der Waals surface area contributed by atoms with Crippen LogP contribution in [0.4, 0.5) is 0 Å². The summed E-state index contributed by atoms with van der Waals surface area (Å²) in [5.74, 6) is 0. The van der Waals surface area contributed by atoms with E-state index >= 15 is 0 Å². The van der Waals surface area contributed by atoms with Crippen molar-refractivity contribution in [3.05, 3.63) is 28.0 Å². The number of hydrogen-bond acceptors (Lipinski definition) is 2. The second-order valence-corrected chi connectivity index (χ2v) is 6.53. The number of ether oxygens (including phenoxy) is 1. The summed E-state index contributed by atoms with van der Waals surface area (Å²) in [4.78, 5) is 4.19. The van der Waals surface area contributed by atoms with Gasteiger partial charge in [0.2, 0.25) is 0 Å². The summed E-state index contributed by atoms with van der Waals surface area (Å²) in [6.45, 7) is 5.09. The van der Waals surface area contributed by atoms with Crippen molar-refractivity contribution in [2.75, 3.05) is 0 Å². The van der Waals surface area contributed by atoms with Crippen LogP contribution in [0.5, 0.6) is 0 Å². The molecule has 1 aliphatic carbocycles. The van der Waals surface area contributed by atoms with Gasteiger partial charge in [-0.3, -0.25) is 0 Å². The lowest BCUT2D eigenvalue weighted by molar-refractivity contribution is -0.00683. The minimum Gasteiger partial charge on any atom is -0.372 e. The van der Waals surface area contributed by atoms with Crippen LogP contribution in [0.15, 0.2) is 12.1 Å². The van der Waals surface area contributed by atoms with Crippen LogP contribution in [0, 0.1) is 5.41 Å². The summed E-state index contributed by atoms with van der Waals surface area (Å²) in [6.07, 6.45) is 4.99. The summed E-state index contributed by atoms with van der Waals surface area (Å²) in [7, 11) is 0. The Bertz CT molecular complexity index is 410. The highest BCUT2D eigenvalue weighted by Crippen LogP contribution is 2.36. The van der Waals surface area contributed by atoms with Crippen molar-refractivity contribution in [2.24, 2.45) is 5.41 Å². The second-order valence-electron chi connectivity index (χ2n) is 5.74. The van der Waals surface area contributed by atoms with Crippen molar-refractivity contribution < 1.29 is 4.74 Å². The molecule has 1 fully saturated rings. The topological polar surface area (TPSA) is 22.1 Å². The first-order chi connectivity index (χ1) is 8.46. The van der Waals surface area contributed by atoms with Gasteiger partial charge in [-0.1, -0.05) is 37.0 Å². The van der Waals surface area contributed by atoms with Crippen molar-refractivity contribution >= 4 is 23.2 Å². The molecule has 1 aliphatic rings. The van der Waals surface area contributed by atoms with E-state index in [0.717, 1.165) is 18.5 Å². The third-order valence-electron chi connectivity index (χ3n) is 3.63. The second kappa shape index (κ2) is 5.77. The Hall–Kier alpha value is -0.310.